The normalized spacial score (nSPS) is 30.1. The Bertz CT molecular complexity index is 840. The van der Waals surface area contributed by atoms with E-state index < -0.39 is 0 Å². The standard InChI is InChI=1S/C23H27ClN2O/c1-15-12-16(24)10-11-20(15)23-26(21-8-3-4-9-22(21)27-23)19-13-17-6-5-7-18(14-19)25(17)2/h3-4,8-12,17-19,23H,5-7,13-14H2,1-2H3. The number of rotatable bonds is 2. The molecule has 4 heteroatoms. The summed E-state index contributed by atoms with van der Waals surface area (Å²) in [5.41, 5.74) is 3.66. The van der Waals surface area contributed by atoms with Crippen molar-refractivity contribution in [2.45, 2.75) is 63.4 Å². The van der Waals surface area contributed by atoms with Crippen LogP contribution in [0.5, 0.6) is 5.75 Å². The van der Waals surface area contributed by atoms with Gasteiger partial charge in [-0.3, -0.25) is 0 Å². The summed E-state index contributed by atoms with van der Waals surface area (Å²) >= 11 is 6.22. The molecule has 142 valence electrons. The second kappa shape index (κ2) is 6.72. The lowest BCUT2D eigenvalue weighted by Gasteiger charge is -2.50. The Hall–Kier alpha value is -1.71. The number of ether oxygens (including phenoxy) is 1. The Morgan fingerprint density at radius 2 is 1.74 bits per heavy atom. The van der Waals surface area contributed by atoms with E-state index in [-0.39, 0.29) is 6.23 Å². The van der Waals surface area contributed by atoms with E-state index in [9.17, 15) is 0 Å². The van der Waals surface area contributed by atoms with Crippen LogP contribution in [-0.4, -0.2) is 30.1 Å². The Labute approximate surface area is 166 Å². The summed E-state index contributed by atoms with van der Waals surface area (Å²) in [5.74, 6) is 1.00. The number of nitrogens with zero attached hydrogens (tertiary/aromatic N) is 2. The first-order valence-corrected chi connectivity index (χ1v) is 10.5. The average molecular weight is 383 g/mol. The number of piperidine rings is 2. The maximum absolute atomic E-state index is 6.50. The highest BCUT2D eigenvalue weighted by atomic mass is 35.5. The molecule has 5 rings (SSSR count). The summed E-state index contributed by atoms with van der Waals surface area (Å²) in [7, 11) is 2.32. The first kappa shape index (κ1) is 17.4. The predicted octanol–water partition coefficient (Wildman–Crippen LogP) is 5.56. The van der Waals surface area contributed by atoms with Gasteiger partial charge in [-0.05, 0) is 69.5 Å². The molecule has 2 aromatic carbocycles. The van der Waals surface area contributed by atoms with Crippen LogP contribution in [0.15, 0.2) is 42.5 Å². The zero-order valence-electron chi connectivity index (χ0n) is 16.1. The Morgan fingerprint density at radius 1 is 1.00 bits per heavy atom. The molecule has 2 bridgehead atoms. The van der Waals surface area contributed by atoms with E-state index in [1.54, 1.807) is 0 Å². The fraction of sp³-hybridized carbons (Fsp3) is 0.478. The van der Waals surface area contributed by atoms with Gasteiger partial charge in [-0.1, -0.05) is 36.2 Å². The number of aryl methyl sites for hydroxylation is 1. The molecule has 0 amide bonds. The summed E-state index contributed by atoms with van der Waals surface area (Å²) < 4.78 is 6.50. The van der Waals surface area contributed by atoms with Gasteiger partial charge in [0.1, 0.15) is 5.75 Å². The third kappa shape index (κ3) is 2.92. The molecule has 3 atom stereocenters. The average Bonchev–Trinajstić information content (AvgIpc) is 3.01. The molecule has 0 radical (unpaired) electrons. The van der Waals surface area contributed by atoms with Gasteiger partial charge >= 0.3 is 0 Å². The lowest BCUT2D eigenvalue weighted by Crippen LogP contribution is -2.55. The monoisotopic (exact) mass is 382 g/mol. The molecule has 0 spiro atoms. The van der Waals surface area contributed by atoms with E-state index in [1.165, 1.54) is 48.9 Å². The zero-order valence-corrected chi connectivity index (χ0v) is 16.8. The fourth-order valence-electron chi connectivity index (χ4n) is 5.41. The summed E-state index contributed by atoms with van der Waals surface area (Å²) in [6.07, 6.45) is 6.39. The second-order valence-electron chi connectivity index (χ2n) is 8.38. The van der Waals surface area contributed by atoms with Crippen LogP contribution >= 0.6 is 11.6 Å². The summed E-state index contributed by atoms with van der Waals surface area (Å²) in [5, 5.41) is 0.784. The highest BCUT2D eigenvalue weighted by Crippen LogP contribution is 2.48. The van der Waals surface area contributed by atoms with Crippen LogP contribution in [0, 0.1) is 6.92 Å². The van der Waals surface area contributed by atoms with E-state index in [1.807, 2.05) is 12.1 Å². The van der Waals surface area contributed by atoms with Crippen molar-refractivity contribution >= 4 is 17.3 Å². The lowest BCUT2D eigenvalue weighted by atomic mass is 9.81. The Balaban J connectivity index is 1.54. The van der Waals surface area contributed by atoms with Gasteiger partial charge in [0, 0.05) is 28.7 Å². The number of para-hydroxylation sites is 2. The molecule has 0 saturated carbocycles. The topological polar surface area (TPSA) is 15.7 Å². The molecular formula is C23H27ClN2O. The number of hydrogen-bond acceptors (Lipinski definition) is 3. The third-order valence-corrected chi connectivity index (χ3v) is 7.08. The lowest BCUT2D eigenvalue weighted by molar-refractivity contribution is 0.0482. The van der Waals surface area contributed by atoms with Gasteiger partial charge in [0.25, 0.3) is 0 Å². The molecule has 0 N–H and O–H groups in total. The van der Waals surface area contributed by atoms with Crippen LogP contribution in [0.1, 0.15) is 49.5 Å². The number of anilines is 1. The molecule has 3 aliphatic heterocycles. The third-order valence-electron chi connectivity index (χ3n) is 6.84. The minimum atomic E-state index is -0.0613. The Kier molecular flexibility index (Phi) is 4.33. The molecule has 3 unspecified atom stereocenters. The van der Waals surface area contributed by atoms with E-state index >= 15 is 0 Å². The van der Waals surface area contributed by atoms with Gasteiger partial charge in [0.05, 0.1) is 5.69 Å². The zero-order chi connectivity index (χ0) is 18.5. The van der Waals surface area contributed by atoms with Crippen LogP contribution in [0.4, 0.5) is 5.69 Å². The number of benzene rings is 2. The van der Waals surface area contributed by atoms with Crippen molar-refractivity contribution in [1.29, 1.82) is 0 Å². The van der Waals surface area contributed by atoms with Crippen molar-refractivity contribution in [2.24, 2.45) is 0 Å². The second-order valence-corrected chi connectivity index (χ2v) is 8.81. The van der Waals surface area contributed by atoms with E-state index in [0.29, 0.717) is 18.1 Å². The maximum Gasteiger partial charge on any atom is 0.199 e. The molecule has 2 aromatic rings. The van der Waals surface area contributed by atoms with Gasteiger partial charge < -0.3 is 14.5 Å². The van der Waals surface area contributed by atoms with Crippen molar-refractivity contribution < 1.29 is 4.74 Å². The van der Waals surface area contributed by atoms with Crippen molar-refractivity contribution in [3.05, 3.63) is 58.6 Å². The molecule has 2 fully saturated rings. The molecule has 3 aliphatic rings. The highest BCUT2D eigenvalue weighted by Gasteiger charge is 2.44. The molecule has 3 heterocycles. The molecule has 0 aliphatic carbocycles. The van der Waals surface area contributed by atoms with Crippen LogP contribution < -0.4 is 9.64 Å². The fourth-order valence-corrected chi connectivity index (χ4v) is 5.63. The molecule has 3 nitrogen and oxygen atoms in total. The molecule has 27 heavy (non-hydrogen) atoms. The van der Waals surface area contributed by atoms with E-state index in [0.717, 1.165) is 10.8 Å². The number of hydrogen-bond donors (Lipinski definition) is 0. The van der Waals surface area contributed by atoms with Crippen molar-refractivity contribution in [2.75, 3.05) is 11.9 Å². The van der Waals surface area contributed by atoms with Crippen LogP contribution in [0.25, 0.3) is 0 Å². The van der Waals surface area contributed by atoms with Gasteiger partial charge in [-0.2, -0.15) is 0 Å². The van der Waals surface area contributed by atoms with Gasteiger partial charge in [0.2, 0.25) is 0 Å². The maximum atomic E-state index is 6.50. The van der Waals surface area contributed by atoms with Crippen molar-refractivity contribution in [3.8, 4) is 5.75 Å². The molecule has 0 aromatic heterocycles. The first-order chi connectivity index (χ1) is 13.1. The molecule has 2 saturated heterocycles. The van der Waals surface area contributed by atoms with Crippen LogP contribution in [-0.2, 0) is 0 Å². The quantitative estimate of drug-likeness (QED) is 0.676. The molecular weight excluding hydrogens is 356 g/mol. The number of halogens is 1. The minimum Gasteiger partial charge on any atom is -0.464 e. The smallest absolute Gasteiger partial charge is 0.199 e. The Morgan fingerprint density at radius 3 is 2.48 bits per heavy atom. The SMILES string of the molecule is Cc1cc(Cl)ccc1C1Oc2ccccc2N1C1CC2CCCC(C1)N2C. The first-order valence-electron chi connectivity index (χ1n) is 10.1. The highest BCUT2D eigenvalue weighted by molar-refractivity contribution is 6.30. The van der Waals surface area contributed by atoms with Crippen LogP contribution in [0.3, 0.4) is 0 Å². The predicted molar refractivity (Wildman–Crippen MR) is 111 cm³/mol. The van der Waals surface area contributed by atoms with Gasteiger partial charge in [0.15, 0.2) is 6.23 Å². The number of fused-ring (bicyclic) bond motifs is 3. The van der Waals surface area contributed by atoms with Gasteiger partial charge in [-0.15, -0.1) is 0 Å². The minimum absolute atomic E-state index is 0.0613. The van der Waals surface area contributed by atoms with E-state index in [4.69, 9.17) is 16.3 Å². The van der Waals surface area contributed by atoms with Crippen molar-refractivity contribution in [1.82, 2.24) is 4.90 Å². The summed E-state index contributed by atoms with van der Waals surface area (Å²) in [4.78, 5) is 5.19. The van der Waals surface area contributed by atoms with Gasteiger partial charge in [-0.25, -0.2) is 0 Å². The summed E-state index contributed by atoms with van der Waals surface area (Å²) in [6.45, 7) is 2.13. The largest absolute Gasteiger partial charge is 0.464 e. The van der Waals surface area contributed by atoms with Crippen LogP contribution in [0.2, 0.25) is 5.02 Å². The van der Waals surface area contributed by atoms with Crippen molar-refractivity contribution in [3.63, 3.8) is 0 Å². The van der Waals surface area contributed by atoms with E-state index in [2.05, 4.69) is 54.1 Å². The summed E-state index contributed by atoms with van der Waals surface area (Å²) in [6, 6.07) is 16.6.